The van der Waals surface area contributed by atoms with E-state index in [4.69, 9.17) is 5.26 Å². The van der Waals surface area contributed by atoms with Crippen LogP contribution in [0.15, 0.2) is 67.0 Å². The van der Waals surface area contributed by atoms with Crippen LogP contribution in [0.1, 0.15) is 26.3 Å². The highest BCUT2D eigenvalue weighted by Crippen LogP contribution is 2.18. The van der Waals surface area contributed by atoms with Gasteiger partial charge in [-0.2, -0.15) is 5.26 Å². The number of anilines is 3. The number of carbonyl (C=O) groups is 2. The number of nitriles is 1. The molecule has 7 heteroatoms. The van der Waals surface area contributed by atoms with Crippen molar-refractivity contribution >= 4 is 28.9 Å². The molecule has 1 heterocycles. The van der Waals surface area contributed by atoms with Crippen LogP contribution in [0.25, 0.3) is 0 Å². The van der Waals surface area contributed by atoms with Gasteiger partial charge in [0.05, 0.1) is 41.8 Å². The number of amides is 1. The Labute approximate surface area is 161 Å². The second-order valence-corrected chi connectivity index (χ2v) is 5.80. The third-order valence-corrected chi connectivity index (χ3v) is 3.84. The number of carbonyl (C=O) groups excluding carboxylic acids is 2. The molecule has 0 unspecified atom stereocenters. The van der Waals surface area contributed by atoms with Gasteiger partial charge in [-0.3, -0.25) is 9.78 Å². The van der Waals surface area contributed by atoms with E-state index >= 15 is 0 Å². The number of rotatable bonds is 5. The molecule has 3 rings (SSSR count). The summed E-state index contributed by atoms with van der Waals surface area (Å²) < 4.78 is 4.68. The summed E-state index contributed by atoms with van der Waals surface area (Å²) in [4.78, 5) is 28.2. The van der Waals surface area contributed by atoms with Crippen molar-refractivity contribution in [2.24, 2.45) is 0 Å². The van der Waals surface area contributed by atoms with Crippen molar-refractivity contribution in [1.29, 1.82) is 5.26 Å². The van der Waals surface area contributed by atoms with Gasteiger partial charge in [-0.1, -0.05) is 6.07 Å². The number of hydrogen-bond acceptors (Lipinski definition) is 6. The summed E-state index contributed by atoms with van der Waals surface area (Å²) in [5.41, 5.74) is 3.12. The van der Waals surface area contributed by atoms with Gasteiger partial charge < -0.3 is 15.4 Å². The minimum Gasteiger partial charge on any atom is -0.465 e. The zero-order valence-electron chi connectivity index (χ0n) is 15.0. The maximum atomic E-state index is 12.5. The normalized spacial score (nSPS) is 9.86. The van der Waals surface area contributed by atoms with Crippen LogP contribution in [-0.4, -0.2) is 24.0 Å². The Hall–Kier alpha value is -4.18. The molecule has 138 valence electrons. The highest BCUT2D eigenvalue weighted by Gasteiger charge is 2.10. The Kier molecular flexibility index (Phi) is 5.63. The molecule has 0 bridgehead atoms. The standard InChI is InChI=1S/C21H16N4O3/c1-28-21(27)15-3-2-4-18(9-15)25-20(26)16-10-19(13-23-12-16)24-17-7-5-14(11-22)6-8-17/h2-10,12-13,24H,1H3,(H,25,26). The van der Waals surface area contributed by atoms with Gasteiger partial charge in [0.25, 0.3) is 5.91 Å². The molecule has 0 aliphatic heterocycles. The predicted octanol–water partition coefficient (Wildman–Crippen LogP) is 3.74. The Morgan fingerprint density at radius 2 is 1.71 bits per heavy atom. The number of pyridine rings is 1. The molecule has 0 fully saturated rings. The van der Waals surface area contributed by atoms with Gasteiger partial charge in [0, 0.05) is 17.6 Å². The van der Waals surface area contributed by atoms with Crippen molar-refractivity contribution in [2.45, 2.75) is 0 Å². The van der Waals surface area contributed by atoms with Crippen LogP contribution in [0, 0.1) is 11.3 Å². The first kappa shape index (κ1) is 18.6. The van der Waals surface area contributed by atoms with Crippen molar-refractivity contribution in [3.63, 3.8) is 0 Å². The quantitative estimate of drug-likeness (QED) is 0.661. The molecule has 0 radical (unpaired) electrons. The lowest BCUT2D eigenvalue weighted by Crippen LogP contribution is -2.13. The molecule has 1 aromatic heterocycles. The summed E-state index contributed by atoms with van der Waals surface area (Å²) in [6.07, 6.45) is 3.04. The maximum absolute atomic E-state index is 12.5. The minimum atomic E-state index is -0.480. The van der Waals surface area contributed by atoms with Crippen molar-refractivity contribution in [3.05, 3.63) is 83.7 Å². The Bertz CT molecular complexity index is 1060. The summed E-state index contributed by atoms with van der Waals surface area (Å²) in [6.45, 7) is 0. The first-order valence-corrected chi connectivity index (χ1v) is 8.31. The summed E-state index contributed by atoms with van der Waals surface area (Å²) in [6, 6.07) is 17.1. The predicted molar refractivity (Wildman–Crippen MR) is 104 cm³/mol. The minimum absolute atomic E-state index is 0.342. The van der Waals surface area contributed by atoms with E-state index in [1.165, 1.54) is 19.4 Å². The van der Waals surface area contributed by atoms with Crippen molar-refractivity contribution < 1.29 is 14.3 Å². The van der Waals surface area contributed by atoms with Crippen LogP contribution in [0.2, 0.25) is 0 Å². The van der Waals surface area contributed by atoms with E-state index in [2.05, 4.69) is 26.4 Å². The van der Waals surface area contributed by atoms with Crippen LogP contribution < -0.4 is 10.6 Å². The molecule has 28 heavy (non-hydrogen) atoms. The van der Waals surface area contributed by atoms with Crippen molar-refractivity contribution in [1.82, 2.24) is 4.98 Å². The Morgan fingerprint density at radius 1 is 0.964 bits per heavy atom. The number of benzene rings is 2. The number of esters is 1. The Balaban J connectivity index is 1.73. The van der Waals surface area contributed by atoms with E-state index in [0.29, 0.717) is 28.1 Å². The molecule has 2 N–H and O–H groups in total. The number of ether oxygens (including phenoxy) is 1. The van der Waals surface area contributed by atoms with E-state index in [-0.39, 0.29) is 5.91 Å². The average molecular weight is 372 g/mol. The second-order valence-electron chi connectivity index (χ2n) is 5.80. The van der Waals surface area contributed by atoms with Gasteiger partial charge in [0.15, 0.2) is 0 Å². The smallest absolute Gasteiger partial charge is 0.337 e. The summed E-state index contributed by atoms with van der Waals surface area (Å²) in [5.74, 6) is -0.843. The molecule has 1 amide bonds. The highest BCUT2D eigenvalue weighted by molar-refractivity contribution is 6.05. The highest BCUT2D eigenvalue weighted by atomic mass is 16.5. The van der Waals surface area contributed by atoms with Gasteiger partial charge >= 0.3 is 5.97 Å². The number of hydrogen-bond donors (Lipinski definition) is 2. The second kappa shape index (κ2) is 8.47. The first-order valence-electron chi connectivity index (χ1n) is 8.31. The number of nitrogens with zero attached hydrogens (tertiary/aromatic N) is 2. The number of aromatic nitrogens is 1. The van der Waals surface area contributed by atoms with E-state index in [1.807, 2.05) is 0 Å². The van der Waals surface area contributed by atoms with Gasteiger partial charge in [-0.25, -0.2) is 4.79 Å². The summed E-state index contributed by atoms with van der Waals surface area (Å²) in [7, 11) is 1.30. The van der Waals surface area contributed by atoms with Crippen LogP contribution in [0.5, 0.6) is 0 Å². The first-order chi connectivity index (χ1) is 13.6. The molecule has 0 saturated carbocycles. The monoisotopic (exact) mass is 372 g/mol. The molecular weight excluding hydrogens is 356 g/mol. The van der Waals surface area contributed by atoms with E-state index in [1.54, 1.807) is 54.7 Å². The Morgan fingerprint density at radius 3 is 2.43 bits per heavy atom. The lowest BCUT2D eigenvalue weighted by atomic mass is 10.2. The van der Waals surface area contributed by atoms with Crippen molar-refractivity contribution in [3.8, 4) is 6.07 Å². The molecule has 0 atom stereocenters. The van der Waals surface area contributed by atoms with E-state index < -0.39 is 5.97 Å². The van der Waals surface area contributed by atoms with Gasteiger partial charge in [0.1, 0.15) is 0 Å². The zero-order valence-corrected chi connectivity index (χ0v) is 15.0. The summed E-state index contributed by atoms with van der Waals surface area (Å²) >= 11 is 0. The largest absolute Gasteiger partial charge is 0.465 e. The van der Waals surface area contributed by atoms with Crippen LogP contribution in [0.3, 0.4) is 0 Å². The van der Waals surface area contributed by atoms with Crippen molar-refractivity contribution in [2.75, 3.05) is 17.7 Å². The van der Waals surface area contributed by atoms with E-state index in [9.17, 15) is 9.59 Å². The fraction of sp³-hybridized carbons (Fsp3) is 0.0476. The van der Waals surface area contributed by atoms with Gasteiger partial charge in [-0.15, -0.1) is 0 Å². The number of methoxy groups -OCH3 is 1. The molecule has 0 spiro atoms. The van der Waals surface area contributed by atoms with Crippen LogP contribution in [-0.2, 0) is 4.74 Å². The third-order valence-electron chi connectivity index (χ3n) is 3.84. The number of nitrogens with one attached hydrogen (secondary N) is 2. The average Bonchev–Trinajstić information content (AvgIpc) is 2.74. The fourth-order valence-corrected chi connectivity index (χ4v) is 2.47. The summed E-state index contributed by atoms with van der Waals surface area (Å²) in [5, 5.41) is 14.7. The lowest BCUT2D eigenvalue weighted by Gasteiger charge is -2.09. The molecule has 3 aromatic rings. The third kappa shape index (κ3) is 4.51. The van der Waals surface area contributed by atoms with E-state index in [0.717, 1.165) is 5.69 Å². The molecule has 7 nitrogen and oxygen atoms in total. The van der Waals surface area contributed by atoms with Gasteiger partial charge in [-0.05, 0) is 48.5 Å². The fourth-order valence-electron chi connectivity index (χ4n) is 2.47. The van der Waals surface area contributed by atoms with Crippen LogP contribution in [0.4, 0.5) is 17.1 Å². The maximum Gasteiger partial charge on any atom is 0.337 e. The molecular formula is C21H16N4O3. The topological polar surface area (TPSA) is 104 Å². The zero-order chi connectivity index (χ0) is 19.9. The molecule has 2 aromatic carbocycles. The molecule has 0 saturated heterocycles. The SMILES string of the molecule is COC(=O)c1cccc(NC(=O)c2cncc(Nc3ccc(C#N)cc3)c2)c1. The molecule has 0 aliphatic rings. The molecule has 0 aliphatic carbocycles. The van der Waals surface area contributed by atoms with Gasteiger partial charge in [0.2, 0.25) is 0 Å². The lowest BCUT2D eigenvalue weighted by molar-refractivity contribution is 0.0600. The van der Waals surface area contributed by atoms with Crippen LogP contribution >= 0.6 is 0 Å².